The van der Waals surface area contributed by atoms with E-state index in [2.05, 4.69) is 18.8 Å². The lowest BCUT2D eigenvalue weighted by atomic mass is 9.77. The highest BCUT2D eigenvalue weighted by Gasteiger charge is 2.45. The van der Waals surface area contributed by atoms with Crippen molar-refractivity contribution in [3.63, 3.8) is 0 Å². The fourth-order valence-corrected chi connectivity index (χ4v) is 4.36. The number of carbonyl (C=O) groups excluding carboxylic acids is 2. The second-order valence-electron chi connectivity index (χ2n) is 8.32. The zero-order valence-corrected chi connectivity index (χ0v) is 15.8. The number of pyridine rings is 1. The molecule has 2 amide bonds. The molecule has 0 N–H and O–H groups in total. The highest BCUT2D eigenvalue weighted by molar-refractivity contribution is 5.93. The summed E-state index contributed by atoms with van der Waals surface area (Å²) in [6.07, 6.45) is 3.67. The van der Waals surface area contributed by atoms with Gasteiger partial charge >= 0.3 is 0 Å². The molecule has 144 valence electrons. The van der Waals surface area contributed by atoms with Crippen LogP contribution in [0.15, 0.2) is 24.4 Å². The lowest BCUT2D eigenvalue weighted by Gasteiger charge is -2.38. The van der Waals surface area contributed by atoms with Crippen molar-refractivity contribution in [2.45, 2.75) is 33.1 Å². The number of nitrogens with zero attached hydrogens (tertiary/aromatic N) is 4. The summed E-state index contributed by atoms with van der Waals surface area (Å²) in [6, 6.07) is 5.15. The summed E-state index contributed by atoms with van der Waals surface area (Å²) in [6.45, 7) is 6.86. The van der Waals surface area contributed by atoms with E-state index in [9.17, 15) is 14.0 Å². The number of hydrogen-bond acceptors (Lipinski definition) is 3. The van der Waals surface area contributed by atoms with Gasteiger partial charge in [0.05, 0.1) is 0 Å². The van der Waals surface area contributed by atoms with E-state index in [0.717, 1.165) is 25.9 Å². The molecule has 6 nitrogen and oxygen atoms in total. The van der Waals surface area contributed by atoms with Gasteiger partial charge in [0.2, 0.25) is 11.9 Å². The first-order valence-corrected chi connectivity index (χ1v) is 9.58. The molecule has 0 radical (unpaired) electrons. The van der Waals surface area contributed by atoms with Crippen molar-refractivity contribution in [1.29, 1.82) is 0 Å². The zero-order valence-electron chi connectivity index (χ0n) is 15.8. The standard InChI is InChI=1S/C20H25FN4O2/c1-14(2)12-24-13-20(11-16(24)26)6-9-23(10-7-20)19(27)17-18(21)25-8-4-3-5-15(25)22-17/h3-5,8,14H,6-7,9-13H2,1-2H3. The summed E-state index contributed by atoms with van der Waals surface area (Å²) < 4.78 is 15.8. The quantitative estimate of drug-likeness (QED) is 0.832. The number of carbonyl (C=O) groups is 2. The summed E-state index contributed by atoms with van der Waals surface area (Å²) in [4.78, 5) is 32.9. The highest BCUT2D eigenvalue weighted by Crippen LogP contribution is 2.41. The molecule has 2 aliphatic heterocycles. The molecule has 4 heterocycles. The molecule has 2 aromatic rings. The molecule has 2 aliphatic rings. The van der Waals surface area contributed by atoms with Gasteiger partial charge in [-0.15, -0.1) is 0 Å². The Morgan fingerprint density at radius 3 is 2.70 bits per heavy atom. The van der Waals surface area contributed by atoms with Crippen molar-refractivity contribution in [2.75, 3.05) is 26.2 Å². The highest BCUT2D eigenvalue weighted by atomic mass is 19.1. The number of likely N-dealkylation sites (tertiary alicyclic amines) is 2. The van der Waals surface area contributed by atoms with E-state index < -0.39 is 5.95 Å². The third kappa shape index (κ3) is 3.19. The third-order valence-electron chi connectivity index (χ3n) is 5.78. The van der Waals surface area contributed by atoms with Crippen LogP contribution in [0, 0.1) is 17.3 Å². The molecule has 0 saturated carbocycles. The average Bonchev–Trinajstić information content (AvgIpc) is 3.12. The number of fused-ring (bicyclic) bond motifs is 1. The normalized spacial score (nSPS) is 19.6. The van der Waals surface area contributed by atoms with E-state index in [0.29, 0.717) is 31.1 Å². The lowest BCUT2D eigenvalue weighted by molar-refractivity contribution is -0.128. The van der Waals surface area contributed by atoms with Crippen molar-refractivity contribution in [3.8, 4) is 0 Å². The van der Waals surface area contributed by atoms with Crippen molar-refractivity contribution < 1.29 is 14.0 Å². The lowest BCUT2D eigenvalue weighted by Crippen LogP contribution is -2.44. The smallest absolute Gasteiger partial charge is 0.277 e. The minimum Gasteiger partial charge on any atom is -0.342 e. The van der Waals surface area contributed by atoms with Crippen molar-refractivity contribution in [1.82, 2.24) is 19.2 Å². The van der Waals surface area contributed by atoms with Gasteiger partial charge in [0.1, 0.15) is 5.65 Å². The molecule has 2 fully saturated rings. The summed E-state index contributed by atoms with van der Waals surface area (Å²) in [5.41, 5.74) is 0.263. The number of amides is 2. The minimum atomic E-state index is -0.616. The topological polar surface area (TPSA) is 57.9 Å². The maximum Gasteiger partial charge on any atom is 0.277 e. The molecule has 1 spiro atoms. The Balaban J connectivity index is 1.45. The Kier molecular flexibility index (Phi) is 4.40. The largest absolute Gasteiger partial charge is 0.342 e. The van der Waals surface area contributed by atoms with Crippen LogP contribution in [0.5, 0.6) is 0 Å². The molecule has 2 aromatic heterocycles. The van der Waals surface area contributed by atoms with E-state index in [1.807, 2.05) is 4.90 Å². The maximum absolute atomic E-state index is 14.6. The molecular weight excluding hydrogens is 347 g/mol. The van der Waals surface area contributed by atoms with Crippen LogP contribution in [0.4, 0.5) is 4.39 Å². The predicted octanol–water partition coefficient (Wildman–Crippen LogP) is 2.58. The summed E-state index contributed by atoms with van der Waals surface area (Å²) in [5, 5.41) is 0. The number of aromatic nitrogens is 2. The molecular formula is C20H25FN4O2. The summed E-state index contributed by atoms with van der Waals surface area (Å²) >= 11 is 0. The maximum atomic E-state index is 14.6. The molecule has 7 heteroatoms. The molecule has 0 aliphatic carbocycles. The van der Waals surface area contributed by atoms with Gasteiger partial charge in [-0.25, -0.2) is 4.98 Å². The molecule has 0 bridgehead atoms. The monoisotopic (exact) mass is 372 g/mol. The Morgan fingerprint density at radius 1 is 1.30 bits per heavy atom. The minimum absolute atomic E-state index is 0.0415. The third-order valence-corrected chi connectivity index (χ3v) is 5.78. The van der Waals surface area contributed by atoms with E-state index in [1.54, 1.807) is 29.3 Å². The summed E-state index contributed by atoms with van der Waals surface area (Å²) in [7, 11) is 0. The van der Waals surface area contributed by atoms with Gasteiger partial charge in [-0.05, 0) is 30.9 Å². The zero-order chi connectivity index (χ0) is 19.2. The van der Waals surface area contributed by atoms with Crippen molar-refractivity contribution in [2.24, 2.45) is 11.3 Å². The predicted molar refractivity (Wildman–Crippen MR) is 98.8 cm³/mol. The number of piperidine rings is 1. The van der Waals surface area contributed by atoms with E-state index in [-0.39, 0.29) is 22.9 Å². The van der Waals surface area contributed by atoms with Gasteiger partial charge < -0.3 is 9.80 Å². The van der Waals surface area contributed by atoms with Crippen LogP contribution in [0.3, 0.4) is 0 Å². The molecule has 0 atom stereocenters. The second kappa shape index (κ2) is 6.62. The van der Waals surface area contributed by atoms with Crippen LogP contribution in [-0.4, -0.2) is 57.2 Å². The first kappa shape index (κ1) is 17.9. The van der Waals surface area contributed by atoms with Gasteiger partial charge in [-0.3, -0.25) is 14.0 Å². The van der Waals surface area contributed by atoms with Crippen molar-refractivity contribution >= 4 is 17.5 Å². The van der Waals surface area contributed by atoms with Gasteiger partial charge in [-0.1, -0.05) is 19.9 Å². The van der Waals surface area contributed by atoms with Gasteiger partial charge in [0, 0.05) is 44.2 Å². The average molecular weight is 372 g/mol. The second-order valence-corrected chi connectivity index (χ2v) is 8.32. The van der Waals surface area contributed by atoms with Crippen LogP contribution >= 0.6 is 0 Å². The van der Waals surface area contributed by atoms with Crippen molar-refractivity contribution in [3.05, 3.63) is 36.0 Å². The molecule has 0 unspecified atom stereocenters. The number of halogens is 1. The Bertz CT molecular complexity index is 883. The van der Waals surface area contributed by atoms with E-state index in [4.69, 9.17) is 0 Å². The molecule has 2 saturated heterocycles. The molecule has 4 rings (SSSR count). The van der Waals surface area contributed by atoms with Gasteiger partial charge in [0.15, 0.2) is 5.69 Å². The fraction of sp³-hybridized carbons (Fsp3) is 0.550. The molecule has 27 heavy (non-hydrogen) atoms. The number of hydrogen-bond donors (Lipinski definition) is 0. The summed E-state index contributed by atoms with van der Waals surface area (Å²) in [5.74, 6) is -0.317. The van der Waals surface area contributed by atoms with Crippen LogP contribution in [0.25, 0.3) is 5.65 Å². The van der Waals surface area contributed by atoms with Crippen LogP contribution < -0.4 is 0 Å². The van der Waals surface area contributed by atoms with E-state index >= 15 is 0 Å². The number of imidazole rings is 1. The van der Waals surface area contributed by atoms with E-state index in [1.165, 1.54) is 4.40 Å². The molecule has 0 aromatic carbocycles. The van der Waals surface area contributed by atoms with Crippen LogP contribution in [0.1, 0.15) is 43.6 Å². The first-order valence-electron chi connectivity index (χ1n) is 9.58. The van der Waals surface area contributed by atoms with Crippen LogP contribution in [0.2, 0.25) is 0 Å². The first-order chi connectivity index (χ1) is 12.9. The van der Waals surface area contributed by atoms with Crippen LogP contribution in [-0.2, 0) is 4.79 Å². The van der Waals surface area contributed by atoms with Gasteiger partial charge in [0.25, 0.3) is 5.91 Å². The Hall–Kier alpha value is -2.44. The fourth-order valence-electron chi connectivity index (χ4n) is 4.36. The number of rotatable bonds is 3. The Labute approximate surface area is 158 Å². The Morgan fingerprint density at radius 2 is 2.04 bits per heavy atom. The SMILES string of the molecule is CC(C)CN1CC2(CCN(C(=O)c3nc4ccccn4c3F)CC2)CC1=O. The van der Waals surface area contributed by atoms with Gasteiger partial charge in [-0.2, -0.15) is 4.39 Å².